The minimum absolute atomic E-state index is 0.0820. The van der Waals surface area contributed by atoms with E-state index >= 15 is 0 Å². The number of sulfonamides is 1. The Morgan fingerprint density at radius 3 is 2.17 bits per heavy atom. The lowest BCUT2D eigenvalue weighted by molar-refractivity contribution is 0.0535. The maximum atomic E-state index is 13.0. The summed E-state index contributed by atoms with van der Waals surface area (Å²) in [5, 5.41) is 7.15. The number of piperazine rings is 1. The molecule has 1 saturated heterocycles. The average Bonchev–Trinajstić information content (AvgIpc) is 3.43. The van der Waals surface area contributed by atoms with Crippen LogP contribution in [0.15, 0.2) is 78.1 Å². The molecule has 1 aliphatic rings. The van der Waals surface area contributed by atoms with Crippen molar-refractivity contribution in [2.24, 2.45) is 0 Å². The van der Waals surface area contributed by atoms with Crippen LogP contribution in [0, 0.1) is 0 Å². The molecule has 1 fully saturated rings. The number of pyridine rings is 1. The Kier molecular flexibility index (Phi) is 5.91. The van der Waals surface area contributed by atoms with Crippen molar-refractivity contribution >= 4 is 38.4 Å². The van der Waals surface area contributed by atoms with Gasteiger partial charge in [0.15, 0.2) is 0 Å². The van der Waals surface area contributed by atoms with Gasteiger partial charge >= 0.3 is 0 Å². The standard InChI is InChI=1S/C24H22N6O4S/c31-23(29-11-13-30(14-12-29)24(32)19-15-26-27-16-19)18-6-8-20(9-7-18)28-35(33,34)21-5-1-3-17-4-2-10-25-22(17)21/h1-10,15-16,28H,11-14H2,(H,26,27). The maximum Gasteiger partial charge on any atom is 0.264 e. The Morgan fingerprint density at radius 2 is 1.51 bits per heavy atom. The number of rotatable bonds is 5. The molecule has 0 aliphatic carbocycles. The number of H-pyrrole nitrogens is 1. The number of hydrogen-bond donors (Lipinski definition) is 2. The molecule has 2 aromatic carbocycles. The first-order valence-electron chi connectivity index (χ1n) is 11.0. The molecule has 10 nitrogen and oxygen atoms in total. The van der Waals surface area contributed by atoms with Crippen molar-refractivity contribution in [3.63, 3.8) is 0 Å². The Bertz CT molecular complexity index is 1470. The number of hydrogen-bond acceptors (Lipinski definition) is 6. The van der Waals surface area contributed by atoms with Crippen LogP contribution in [0.2, 0.25) is 0 Å². The van der Waals surface area contributed by atoms with E-state index in [0.717, 1.165) is 5.39 Å². The molecule has 35 heavy (non-hydrogen) atoms. The zero-order valence-electron chi connectivity index (χ0n) is 18.6. The highest BCUT2D eigenvalue weighted by atomic mass is 32.2. The summed E-state index contributed by atoms with van der Waals surface area (Å²) in [5.74, 6) is -0.294. The zero-order valence-corrected chi connectivity index (χ0v) is 19.4. The van der Waals surface area contributed by atoms with Crippen molar-refractivity contribution in [2.75, 3.05) is 30.9 Å². The van der Waals surface area contributed by atoms with E-state index in [9.17, 15) is 18.0 Å². The van der Waals surface area contributed by atoms with Crippen LogP contribution in [-0.4, -0.2) is 71.4 Å². The van der Waals surface area contributed by atoms with Gasteiger partial charge < -0.3 is 9.80 Å². The monoisotopic (exact) mass is 490 g/mol. The van der Waals surface area contributed by atoms with Gasteiger partial charge in [0, 0.05) is 55.2 Å². The molecular weight excluding hydrogens is 468 g/mol. The van der Waals surface area contributed by atoms with Gasteiger partial charge in [-0.2, -0.15) is 5.10 Å². The van der Waals surface area contributed by atoms with Crippen LogP contribution in [0.1, 0.15) is 20.7 Å². The SMILES string of the molecule is O=C(c1ccc(NS(=O)(=O)c2cccc3cccnc23)cc1)N1CCN(C(=O)c2cn[nH]c2)CC1. The molecule has 5 rings (SSSR count). The van der Waals surface area contributed by atoms with Crippen molar-refractivity contribution < 1.29 is 18.0 Å². The van der Waals surface area contributed by atoms with E-state index < -0.39 is 10.0 Å². The molecule has 2 N–H and O–H groups in total. The lowest BCUT2D eigenvalue weighted by Crippen LogP contribution is -2.50. The summed E-state index contributed by atoms with van der Waals surface area (Å²) in [6, 6.07) is 14.8. The summed E-state index contributed by atoms with van der Waals surface area (Å²) in [6.07, 6.45) is 4.58. The minimum Gasteiger partial charge on any atom is -0.335 e. The topological polar surface area (TPSA) is 128 Å². The first kappa shape index (κ1) is 22.5. The highest BCUT2D eigenvalue weighted by Gasteiger charge is 2.26. The van der Waals surface area contributed by atoms with Crippen molar-refractivity contribution in [1.29, 1.82) is 0 Å². The lowest BCUT2D eigenvalue weighted by Gasteiger charge is -2.34. The van der Waals surface area contributed by atoms with Crippen LogP contribution in [0.4, 0.5) is 5.69 Å². The average molecular weight is 491 g/mol. The molecule has 0 spiro atoms. The molecule has 2 amide bonds. The largest absolute Gasteiger partial charge is 0.335 e. The summed E-state index contributed by atoms with van der Waals surface area (Å²) in [6.45, 7) is 1.66. The summed E-state index contributed by atoms with van der Waals surface area (Å²) < 4.78 is 28.5. The third-order valence-electron chi connectivity index (χ3n) is 5.87. The van der Waals surface area contributed by atoms with Crippen LogP contribution in [0.3, 0.4) is 0 Å². The summed E-state index contributed by atoms with van der Waals surface area (Å²) in [7, 11) is -3.88. The predicted molar refractivity (Wildman–Crippen MR) is 129 cm³/mol. The molecule has 3 heterocycles. The van der Waals surface area contributed by atoms with Gasteiger partial charge in [0.25, 0.3) is 21.8 Å². The highest BCUT2D eigenvalue weighted by molar-refractivity contribution is 7.93. The van der Waals surface area contributed by atoms with Crippen molar-refractivity contribution in [3.05, 3.63) is 84.3 Å². The van der Waals surface area contributed by atoms with Gasteiger partial charge in [-0.3, -0.25) is 24.4 Å². The lowest BCUT2D eigenvalue weighted by atomic mass is 10.1. The normalized spacial score (nSPS) is 14.2. The second kappa shape index (κ2) is 9.18. The first-order chi connectivity index (χ1) is 16.9. The molecule has 1 aliphatic heterocycles. The molecule has 0 bridgehead atoms. The second-order valence-corrected chi connectivity index (χ2v) is 9.74. The van der Waals surface area contributed by atoms with E-state index in [1.54, 1.807) is 70.7 Å². The minimum atomic E-state index is -3.88. The number of carbonyl (C=O) groups excluding carboxylic acids is 2. The van der Waals surface area contributed by atoms with Crippen LogP contribution in [-0.2, 0) is 10.0 Å². The van der Waals surface area contributed by atoms with Gasteiger partial charge in [0.1, 0.15) is 4.90 Å². The van der Waals surface area contributed by atoms with Gasteiger partial charge in [0.2, 0.25) is 0 Å². The number of benzene rings is 2. The Hall–Kier alpha value is -4.25. The third kappa shape index (κ3) is 4.58. The molecule has 11 heteroatoms. The number of para-hydroxylation sites is 1. The first-order valence-corrected chi connectivity index (χ1v) is 12.4. The van der Waals surface area contributed by atoms with Crippen molar-refractivity contribution in [1.82, 2.24) is 25.0 Å². The molecule has 4 aromatic rings. The maximum absolute atomic E-state index is 13.0. The Labute approximate surface area is 201 Å². The number of anilines is 1. The molecule has 0 radical (unpaired) electrons. The highest BCUT2D eigenvalue weighted by Crippen LogP contribution is 2.23. The fraction of sp³-hybridized carbons (Fsp3) is 0.167. The van der Waals surface area contributed by atoms with Crippen LogP contribution < -0.4 is 4.72 Å². The van der Waals surface area contributed by atoms with E-state index in [-0.39, 0.29) is 16.7 Å². The number of carbonyl (C=O) groups is 2. The summed E-state index contributed by atoms with van der Waals surface area (Å²) in [5.41, 5.74) is 1.65. The van der Waals surface area contributed by atoms with E-state index in [1.807, 2.05) is 0 Å². The predicted octanol–water partition coefficient (Wildman–Crippen LogP) is 2.36. The summed E-state index contributed by atoms with van der Waals surface area (Å²) >= 11 is 0. The van der Waals surface area contributed by atoms with E-state index in [4.69, 9.17) is 0 Å². The molecule has 0 unspecified atom stereocenters. The molecule has 0 saturated carbocycles. The van der Waals surface area contributed by atoms with Gasteiger partial charge in [-0.15, -0.1) is 0 Å². The van der Waals surface area contributed by atoms with E-state index in [0.29, 0.717) is 48.5 Å². The van der Waals surface area contributed by atoms with E-state index in [2.05, 4.69) is 19.9 Å². The zero-order chi connectivity index (χ0) is 24.4. The smallest absolute Gasteiger partial charge is 0.264 e. The molecular formula is C24H22N6O4S. The summed E-state index contributed by atoms with van der Waals surface area (Å²) in [4.78, 5) is 33.0. The number of aromatic amines is 1. The van der Waals surface area contributed by atoms with Gasteiger partial charge in [-0.1, -0.05) is 18.2 Å². The van der Waals surface area contributed by atoms with Crippen LogP contribution >= 0.6 is 0 Å². The van der Waals surface area contributed by atoms with Crippen molar-refractivity contribution in [2.45, 2.75) is 4.90 Å². The van der Waals surface area contributed by atoms with E-state index in [1.165, 1.54) is 12.3 Å². The number of nitrogens with one attached hydrogen (secondary N) is 2. The third-order valence-corrected chi connectivity index (χ3v) is 7.28. The van der Waals surface area contributed by atoms with Gasteiger partial charge in [-0.05, 0) is 36.4 Å². The Morgan fingerprint density at radius 1 is 0.857 bits per heavy atom. The van der Waals surface area contributed by atoms with Crippen LogP contribution in [0.25, 0.3) is 10.9 Å². The fourth-order valence-electron chi connectivity index (χ4n) is 4.03. The van der Waals surface area contributed by atoms with Crippen molar-refractivity contribution in [3.8, 4) is 0 Å². The number of nitrogens with zero attached hydrogens (tertiary/aromatic N) is 4. The molecule has 2 aromatic heterocycles. The van der Waals surface area contributed by atoms with Gasteiger partial charge in [-0.25, -0.2) is 8.42 Å². The number of amides is 2. The molecule has 0 atom stereocenters. The fourth-order valence-corrected chi connectivity index (χ4v) is 5.27. The number of fused-ring (bicyclic) bond motifs is 1. The second-order valence-electron chi connectivity index (χ2n) is 8.09. The van der Waals surface area contributed by atoms with Crippen LogP contribution in [0.5, 0.6) is 0 Å². The number of aromatic nitrogens is 3. The van der Waals surface area contributed by atoms with Gasteiger partial charge in [0.05, 0.1) is 17.3 Å². The molecule has 178 valence electrons. The Balaban J connectivity index is 1.24. The quantitative estimate of drug-likeness (QED) is 0.442.